The first-order valence-electron chi connectivity index (χ1n) is 13.8. The largest absolute Gasteiger partial charge is 0.481 e. The SMILES string of the molecule is CC1(C)CC[C@@]2(C)CC[C@]3(C(=O)O)C(=CC[C@@H]4[C@@]5(C)CC[C@H](O)C(C)(C)[C@H]5CC[C@]43C)[C@H]2C1. The van der Waals surface area contributed by atoms with Gasteiger partial charge in [0.25, 0.3) is 0 Å². The summed E-state index contributed by atoms with van der Waals surface area (Å²) in [7, 11) is 0. The summed E-state index contributed by atoms with van der Waals surface area (Å²) in [5.41, 5.74) is 0.906. The highest BCUT2D eigenvalue weighted by Crippen LogP contribution is 2.75. The summed E-state index contributed by atoms with van der Waals surface area (Å²) in [5, 5.41) is 22.0. The number of carboxylic acid groups (broad SMARTS) is 1. The van der Waals surface area contributed by atoms with Gasteiger partial charge in [-0.15, -0.1) is 0 Å². The highest BCUT2D eigenvalue weighted by Gasteiger charge is 2.71. The Morgan fingerprint density at radius 2 is 1.55 bits per heavy atom. The summed E-state index contributed by atoms with van der Waals surface area (Å²) in [4.78, 5) is 13.5. The summed E-state index contributed by atoms with van der Waals surface area (Å²) < 4.78 is 0. The van der Waals surface area contributed by atoms with Crippen molar-refractivity contribution in [3.05, 3.63) is 11.6 Å². The van der Waals surface area contributed by atoms with Gasteiger partial charge < -0.3 is 10.2 Å². The van der Waals surface area contributed by atoms with Gasteiger partial charge in [-0.05, 0) is 109 Å². The Bertz CT molecular complexity index is 885. The van der Waals surface area contributed by atoms with Crippen LogP contribution < -0.4 is 0 Å². The summed E-state index contributed by atoms with van der Waals surface area (Å²) in [5.74, 6) is 0.675. The van der Waals surface area contributed by atoms with Gasteiger partial charge in [0.1, 0.15) is 0 Å². The maximum Gasteiger partial charge on any atom is 0.314 e. The fraction of sp³-hybridized carbons (Fsp3) is 0.900. The van der Waals surface area contributed by atoms with Crippen LogP contribution in [0.15, 0.2) is 11.6 Å². The predicted octanol–water partition coefficient (Wildman–Crippen LogP) is 7.23. The van der Waals surface area contributed by atoms with Gasteiger partial charge in [-0.2, -0.15) is 0 Å². The highest BCUT2D eigenvalue weighted by molar-refractivity contribution is 5.81. The summed E-state index contributed by atoms with van der Waals surface area (Å²) in [6, 6.07) is 0. The normalized spacial score (nSPS) is 52.4. The zero-order valence-electron chi connectivity index (χ0n) is 22.3. The molecular formula is C30H48O3. The van der Waals surface area contributed by atoms with Crippen molar-refractivity contribution in [3.63, 3.8) is 0 Å². The molecule has 3 nitrogen and oxygen atoms in total. The van der Waals surface area contributed by atoms with Crippen LogP contribution >= 0.6 is 0 Å². The maximum absolute atomic E-state index is 13.5. The second kappa shape index (κ2) is 6.89. The van der Waals surface area contributed by atoms with Gasteiger partial charge in [0.2, 0.25) is 0 Å². The lowest BCUT2D eigenvalue weighted by atomic mass is 9.33. The number of hydrogen-bond donors (Lipinski definition) is 2. The first kappa shape index (κ1) is 23.9. The van der Waals surface area contributed by atoms with Gasteiger partial charge >= 0.3 is 5.97 Å². The fourth-order valence-corrected chi connectivity index (χ4v) is 10.6. The molecule has 5 aliphatic carbocycles. The van der Waals surface area contributed by atoms with E-state index in [2.05, 4.69) is 54.5 Å². The third-order valence-corrected chi connectivity index (χ3v) is 12.9. The fourth-order valence-electron chi connectivity index (χ4n) is 10.6. The Morgan fingerprint density at radius 3 is 2.21 bits per heavy atom. The van der Waals surface area contributed by atoms with Gasteiger partial charge in [-0.3, -0.25) is 4.79 Å². The Balaban J connectivity index is 1.64. The molecule has 0 spiro atoms. The molecule has 0 saturated heterocycles. The minimum atomic E-state index is -0.721. The van der Waals surface area contributed by atoms with Crippen LogP contribution in [0.25, 0.3) is 0 Å². The Morgan fingerprint density at radius 1 is 0.879 bits per heavy atom. The van der Waals surface area contributed by atoms with Crippen molar-refractivity contribution in [3.8, 4) is 0 Å². The van der Waals surface area contributed by atoms with Crippen LogP contribution in [0, 0.1) is 50.2 Å². The Hall–Kier alpha value is -0.830. The summed E-state index contributed by atoms with van der Waals surface area (Å²) in [6.07, 6.45) is 12.6. The summed E-state index contributed by atoms with van der Waals surface area (Å²) in [6.45, 7) is 16.6. The molecule has 4 saturated carbocycles. The van der Waals surface area contributed by atoms with Crippen LogP contribution in [-0.2, 0) is 4.79 Å². The molecule has 2 N–H and O–H groups in total. The number of aliphatic carboxylic acids is 1. The van der Waals surface area contributed by atoms with Crippen molar-refractivity contribution in [2.45, 2.75) is 119 Å². The molecule has 0 aromatic rings. The average molecular weight is 457 g/mol. The molecule has 0 amide bonds. The van der Waals surface area contributed by atoms with E-state index in [1.54, 1.807) is 0 Å². The van der Waals surface area contributed by atoms with Gasteiger partial charge in [0.05, 0.1) is 11.5 Å². The van der Waals surface area contributed by atoms with Crippen LogP contribution in [0.3, 0.4) is 0 Å². The maximum atomic E-state index is 13.5. The monoisotopic (exact) mass is 456 g/mol. The molecule has 186 valence electrons. The molecule has 0 aromatic heterocycles. The molecular weight excluding hydrogens is 408 g/mol. The lowest BCUT2D eigenvalue weighted by Crippen LogP contribution is -2.66. The second-order valence-electron chi connectivity index (χ2n) is 15.1. The predicted molar refractivity (Wildman–Crippen MR) is 133 cm³/mol. The van der Waals surface area contributed by atoms with Gasteiger partial charge in [0.15, 0.2) is 0 Å². The molecule has 0 aromatic carbocycles. The van der Waals surface area contributed by atoms with Crippen molar-refractivity contribution in [2.75, 3.05) is 0 Å². The smallest absolute Gasteiger partial charge is 0.314 e. The van der Waals surface area contributed by atoms with E-state index in [0.717, 1.165) is 51.4 Å². The van der Waals surface area contributed by atoms with E-state index in [1.165, 1.54) is 18.4 Å². The number of rotatable bonds is 1. The minimum absolute atomic E-state index is 0.0901. The van der Waals surface area contributed by atoms with Crippen LogP contribution in [0.5, 0.6) is 0 Å². The topological polar surface area (TPSA) is 57.5 Å². The van der Waals surface area contributed by atoms with Gasteiger partial charge in [0, 0.05) is 0 Å². The van der Waals surface area contributed by atoms with E-state index in [-0.39, 0.29) is 33.2 Å². The minimum Gasteiger partial charge on any atom is -0.481 e. The molecule has 0 aliphatic heterocycles. The third-order valence-electron chi connectivity index (χ3n) is 12.9. The van der Waals surface area contributed by atoms with E-state index >= 15 is 0 Å². The van der Waals surface area contributed by atoms with Crippen LogP contribution in [0.2, 0.25) is 0 Å². The average Bonchev–Trinajstić information content (AvgIpc) is 2.71. The molecule has 5 aliphatic rings. The molecule has 8 atom stereocenters. The lowest BCUT2D eigenvalue weighted by molar-refractivity contribution is -0.213. The van der Waals surface area contributed by atoms with E-state index in [9.17, 15) is 15.0 Å². The molecule has 0 radical (unpaired) electrons. The Kier molecular flexibility index (Phi) is 4.99. The second-order valence-corrected chi connectivity index (χ2v) is 15.1. The Labute approximate surface area is 201 Å². The van der Waals surface area contributed by atoms with Crippen molar-refractivity contribution >= 4 is 5.97 Å². The quantitative estimate of drug-likeness (QED) is 0.409. The number of aliphatic hydroxyl groups excluding tert-OH is 1. The van der Waals surface area contributed by atoms with Crippen LogP contribution in [0.1, 0.15) is 113 Å². The van der Waals surface area contributed by atoms with Crippen molar-refractivity contribution in [1.82, 2.24) is 0 Å². The molecule has 33 heavy (non-hydrogen) atoms. The molecule has 0 unspecified atom stereocenters. The number of aliphatic hydroxyl groups is 1. The number of carboxylic acids is 1. The van der Waals surface area contributed by atoms with Gasteiger partial charge in [-0.1, -0.05) is 60.1 Å². The van der Waals surface area contributed by atoms with Gasteiger partial charge in [-0.25, -0.2) is 0 Å². The van der Waals surface area contributed by atoms with Crippen LogP contribution in [-0.4, -0.2) is 22.3 Å². The van der Waals surface area contributed by atoms with Crippen molar-refractivity contribution in [2.24, 2.45) is 50.2 Å². The summed E-state index contributed by atoms with van der Waals surface area (Å²) >= 11 is 0. The van der Waals surface area contributed by atoms with E-state index in [1.807, 2.05) is 0 Å². The van der Waals surface area contributed by atoms with Crippen LogP contribution in [0.4, 0.5) is 0 Å². The number of allylic oxidation sites excluding steroid dienone is 1. The molecule has 0 heterocycles. The molecule has 5 rings (SSSR count). The van der Waals surface area contributed by atoms with E-state index < -0.39 is 11.4 Å². The standard InChI is InChI=1S/C30H48O3/c1-25(2)14-15-27(5)16-17-30(24(32)33)19(20(27)18-25)8-9-22-28(6)12-11-23(31)26(3,4)21(28)10-13-29(22,30)7/h8,20-23,31H,9-18H2,1-7H3,(H,32,33)/t20-,21-,22-,23+,27+,28+,29-,30-/m1/s1. The molecule has 0 bridgehead atoms. The number of carbonyl (C=O) groups is 1. The van der Waals surface area contributed by atoms with Crippen molar-refractivity contribution in [1.29, 1.82) is 0 Å². The zero-order chi connectivity index (χ0) is 24.2. The number of fused-ring (bicyclic) bond motifs is 7. The highest BCUT2D eigenvalue weighted by atomic mass is 16.4. The van der Waals surface area contributed by atoms with E-state index in [4.69, 9.17) is 0 Å². The molecule has 3 heteroatoms. The third kappa shape index (κ3) is 2.87. The lowest BCUT2D eigenvalue weighted by Gasteiger charge is -2.70. The first-order valence-corrected chi connectivity index (χ1v) is 13.8. The number of hydrogen-bond acceptors (Lipinski definition) is 2. The van der Waals surface area contributed by atoms with E-state index in [0.29, 0.717) is 17.8 Å². The molecule has 4 fully saturated rings. The van der Waals surface area contributed by atoms with Crippen molar-refractivity contribution < 1.29 is 15.0 Å². The zero-order valence-corrected chi connectivity index (χ0v) is 22.3. The first-order chi connectivity index (χ1) is 15.1.